The molecule has 4 fully saturated rings. The normalized spacial score (nSPS) is 34.4. The Morgan fingerprint density at radius 3 is 2.75 bits per heavy atom. The van der Waals surface area contributed by atoms with Crippen LogP contribution in [0.1, 0.15) is 71.3 Å². The van der Waals surface area contributed by atoms with Crippen molar-refractivity contribution in [3.63, 3.8) is 0 Å². The molecule has 1 N–H and O–H groups in total. The molecule has 4 bridgehead atoms. The number of fused-ring (bicyclic) bond motifs is 6. The van der Waals surface area contributed by atoms with Gasteiger partial charge in [0.1, 0.15) is 11.9 Å². The van der Waals surface area contributed by atoms with E-state index in [1.54, 1.807) is 18.2 Å². The SMILES string of the molecule is C[C@H]1CCC[C@]2(C)OO[C@@H]3[C@H](O[C@@H](OC(=O)CCC(=O)OCCc4cccc(O)c4)[C@H](C)[C@@H]3CC1)O2. The highest BCUT2D eigenvalue weighted by Crippen LogP contribution is 2.44. The fraction of sp³-hybridized carbons (Fsp3) is 0.704. The average Bonchev–Trinajstić information content (AvgIpc) is 2.86. The zero-order valence-corrected chi connectivity index (χ0v) is 21.4. The summed E-state index contributed by atoms with van der Waals surface area (Å²) in [4.78, 5) is 36.1. The second kappa shape index (κ2) is 11.9. The zero-order valence-electron chi connectivity index (χ0n) is 21.4. The van der Waals surface area contributed by atoms with Crippen LogP contribution in [0.4, 0.5) is 0 Å². The summed E-state index contributed by atoms with van der Waals surface area (Å²) >= 11 is 0. The van der Waals surface area contributed by atoms with Crippen LogP contribution in [0.15, 0.2) is 24.3 Å². The van der Waals surface area contributed by atoms with Crippen molar-refractivity contribution in [2.75, 3.05) is 6.61 Å². The fourth-order valence-electron chi connectivity index (χ4n) is 5.19. The summed E-state index contributed by atoms with van der Waals surface area (Å²) in [5, 5.41) is 9.51. The van der Waals surface area contributed by atoms with Crippen molar-refractivity contribution in [3.8, 4) is 5.75 Å². The van der Waals surface area contributed by atoms with E-state index in [4.69, 9.17) is 28.7 Å². The highest BCUT2D eigenvalue weighted by atomic mass is 17.3. The summed E-state index contributed by atoms with van der Waals surface area (Å²) < 4.78 is 23.1. The lowest BCUT2D eigenvalue weighted by Crippen LogP contribution is -2.59. The van der Waals surface area contributed by atoms with Gasteiger partial charge in [-0.3, -0.25) is 9.59 Å². The number of phenolic OH excluding ortho intramolecular Hbond substituents is 1. The predicted molar refractivity (Wildman–Crippen MR) is 127 cm³/mol. The van der Waals surface area contributed by atoms with Gasteiger partial charge in [-0.1, -0.05) is 38.8 Å². The van der Waals surface area contributed by atoms with E-state index in [1.165, 1.54) is 0 Å². The molecule has 4 saturated heterocycles. The first kappa shape index (κ1) is 26.9. The lowest BCUT2D eigenvalue weighted by Gasteiger charge is -2.49. The van der Waals surface area contributed by atoms with Crippen molar-refractivity contribution >= 4 is 11.9 Å². The Morgan fingerprint density at radius 2 is 1.94 bits per heavy atom. The Bertz CT molecular complexity index is 905. The molecular weight excluding hydrogens is 468 g/mol. The minimum absolute atomic E-state index is 0.0361. The van der Waals surface area contributed by atoms with Gasteiger partial charge in [-0.15, -0.1) is 0 Å². The Labute approximate surface area is 212 Å². The Hall–Kier alpha value is -2.20. The van der Waals surface area contributed by atoms with Gasteiger partial charge in [0.25, 0.3) is 0 Å². The second-order valence-electron chi connectivity index (χ2n) is 10.5. The Balaban J connectivity index is 1.28. The van der Waals surface area contributed by atoms with Crippen molar-refractivity contribution in [1.82, 2.24) is 0 Å². The number of ether oxygens (including phenoxy) is 4. The van der Waals surface area contributed by atoms with Crippen molar-refractivity contribution < 1.29 is 43.4 Å². The number of hydrogen-bond acceptors (Lipinski definition) is 9. The van der Waals surface area contributed by atoms with Crippen molar-refractivity contribution in [1.29, 1.82) is 0 Å². The van der Waals surface area contributed by atoms with Crippen LogP contribution in [-0.4, -0.2) is 48.1 Å². The van der Waals surface area contributed by atoms with Crippen LogP contribution in [0.2, 0.25) is 0 Å². The smallest absolute Gasteiger partial charge is 0.308 e. The van der Waals surface area contributed by atoms with Gasteiger partial charge in [0.05, 0.1) is 19.4 Å². The maximum atomic E-state index is 12.6. The first-order chi connectivity index (χ1) is 17.2. The number of rotatable bonds is 7. The van der Waals surface area contributed by atoms with Gasteiger partial charge in [-0.2, -0.15) is 0 Å². The number of carbonyl (C=O) groups excluding carboxylic acids is 2. The molecule has 0 aromatic heterocycles. The fourth-order valence-corrected chi connectivity index (χ4v) is 5.19. The molecule has 7 atom stereocenters. The van der Waals surface area contributed by atoms with Gasteiger partial charge in [-0.05, 0) is 43.4 Å². The predicted octanol–water partition coefficient (Wildman–Crippen LogP) is 4.40. The molecule has 0 radical (unpaired) electrons. The van der Waals surface area contributed by atoms with Crippen LogP contribution in [-0.2, 0) is 44.7 Å². The molecule has 9 heteroatoms. The average molecular weight is 507 g/mol. The third-order valence-corrected chi connectivity index (χ3v) is 7.43. The molecule has 0 amide bonds. The highest BCUT2D eigenvalue weighted by Gasteiger charge is 2.53. The maximum absolute atomic E-state index is 12.6. The van der Waals surface area contributed by atoms with E-state index in [9.17, 15) is 14.7 Å². The summed E-state index contributed by atoms with van der Waals surface area (Å²) in [5.41, 5.74) is 0.860. The monoisotopic (exact) mass is 506 g/mol. The van der Waals surface area contributed by atoms with Crippen LogP contribution >= 0.6 is 0 Å². The number of esters is 2. The molecule has 4 heterocycles. The standard InChI is InChI=1S/C27H38O9/c1-17-6-5-14-27(3)34-26-24(35-36-27)21(10-9-17)18(2)25(33-26)32-23(30)12-11-22(29)31-15-13-19-7-4-8-20(28)16-19/h4,7-8,16-18,21,24-26,28H,5-6,9-15H2,1-3H3/t17-,18+,21-,24-,25+,26+,27-/m0/s1. The molecule has 1 aromatic rings. The van der Waals surface area contributed by atoms with Gasteiger partial charge in [0.15, 0.2) is 6.29 Å². The summed E-state index contributed by atoms with van der Waals surface area (Å²) in [5.74, 6) is -1.27. The minimum atomic E-state index is -0.910. The van der Waals surface area contributed by atoms with E-state index < -0.39 is 36.4 Å². The Kier molecular flexibility index (Phi) is 8.87. The van der Waals surface area contributed by atoms with Gasteiger partial charge >= 0.3 is 11.9 Å². The minimum Gasteiger partial charge on any atom is -0.508 e. The first-order valence-corrected chi connectivity index (χ1v) is 13.0. The first-order valence-electron chi connectivity index (χ1n) is 13.0. The molecule has 0 unspecified atom stereocenters. The third kappa shape index (κ3) is 6.97. The van der Waals surface area contributed by atoms with Gasteiger partial charge in [-0.25, -0.2) is 9.78 Å². The molecule has 0 spiro atoms. The number of benzene rings is 1. The van der Waals surface area contributed by atoms with Crippen molar-refractivity contribution in [2.45, 2.75) is 96.6 Å². The highest BCUT2D eigenvalue weighted by molar-refractivity contribution is 5.77. The third-order valence-electron chi connectivity index (χ3n) is 7.43. The van der Waals surface area contributed by atoms with Crippen LogP contribution in [0.5, 0.6) is 5.75 Å². The van der Waals surface area contributed by atoms with E-state index in [0.717, 1.165) is 31.2 Å². The summed E-state index contributed by atoms with van der Waals surface area (Å²) in [7, 11) is 0. The number of phenols is 1. The van der Waals surface area contributed by atoms with E-state index in [1.807, 2.05) is 19.9 Å². The lowest BCUT2D eigenvalue weighted by molar-refractivity contribution is -0.546. The summed E-state index contributed by atoms with van der Waals surface area (Å²) in [6.07, 6.45) is 3.05. The van der Waals surface area contributed by atoms with Crippen LogP contribution < -0.4 is 0 Å². The number of carbonyl (C=O) groups is 2. The molecule has 4 aliphatic heterocycles. The molecule has 0 aliphatic carbocycles. The van der Waals surface area contributed by atoms with E-state index in [-0.39, 0.29) is 37.0 Å². The second-order valence-corrected chi connectivity index (χ2v) is 10.5. The van der Waals surface area contributed by atoms with E-state index in [0.29, 0.717) is 18.8 Å². The van der Waals surface area contributed by atoms with Crippen LogP contribution in [0, 0.1) is 17.8 Å². The van der Waals surface area contributed by atoms with E-state index in [2.05, 4.69) is 6.92 Å². The quantitative estimate of drug-likeness (QED) is 0.425. The molecule has 1 aromatic carbocycles. The molecule has 0 saturated carbocycles. The molecule has 200 valence electrons. The summed E-state index contributed by atoms with van der Waals surface area (Å²) in [6, 6.07) is 6.77. The largest absolute Gasteiger partial charge is 0.508 e. The molecule has 5 rings (SSSR count). The maximum Gasteiger partial charge on any atom is 0.308 e. The van der Waals surface area contributed by atoms with Crippen molar-refractivity contribution in [3.05, 3.63) is 29.8 Å². The molecule has 4 aliphatic rings. The summed E-state index contributed by atoms with van der Waals surface area (Å²) in [6.45, 7) is 6.25. The van der Waals surface area contributed by atoms with E-state index >= 15 is 0 Å². The van der Waals surface area contributed by atoms with Crippen LogP contribution in [0.25, 0.3) is 0 Å². The molecule has 36 heavy (non-hydrogen) atoms. The molecular formula is C27H38O9. The van der Waals surface area contributed by atoms with Gasteiger partial charge in [0.2, 0.25) is 12.1 Å². The lowest BCUT2D eigenvalue weighted by atomic mass is 9.80. The van der Waals surface area contributed by atoms with Crippen molar-refractivity contribution in [2.24, 2.45) is 17.8 Å². The van der Waals surface area contributed by atoms with Gasteiger partial charge < -0.3 is 24.1 Å². The molecule has 9 nitrogen and oxygen atoms in total. The number of aromatic hydroxyl groups is 1. The number of hydrogen-bond donors (Lipinski definition) is 1. The van der Waals surface area contributed by atoms with Crippen LogP contribution in [0.3, 0.4) is 0 Å². The Morgan fingerprint density at radius 1 is 1.14 bits per heavy atom. The zero-order chi connectivity index (χ0) is 25.7. The van der Waals surface area contributed by atoms with Gasteiger partial charge in [0, 0.05) is 24.7 Å². The topological polar surface area (TPSA) is 110 Å².